The van der Waals surface area contributed by atoms with E-state index >= 15 is 0 Å². The van der Waals surface area contributed by atoms with Gasteiger partial charge in [-0.1, -0.05) is 61.6 Å². The molecule has 5 nitrogen and oxygen atoms in total. The Morgan fingerprint density at radius 2 is 1.65 bits per heavy atom. The molecular weight excluding hydrogens is 459 g/mol. The van der Waals surface area contributed by atoms with Gasteiger partial charge >= 0.3 is 0 Å². The predicted octanol–water partition coefficient (Wildman–Crippen LogP) is 5.61. The standard InChI is InChI=1S/C23H27Cl3N2O3/c1-4-21(23(30)27-12-15(2)3)28(13-18-19(25)6-5-7-20(18)26)22(29)14-31-17-10-8-16(24)9-11-17/h5-11,15,21H,4,12-14H2,1-3H3,(H,27,30)/t21-/m1/s1. The Morgan fingerprint density at radius 3 is 2.19 bits per heavy atom. The minimum Gasteiger partial charge on any atom is -0.484 e. The van der Waals surface area contributed by atoms with Crippen molar-refractivity contribution in [2.45, 2.75) is 39.8 Å². The molecule has 0 aliphatic heterocycles. The third-order valence-electron chi connectivity index (χ3n) is 4.64. The molecule has 0 radical (unpaired) electrons. The first-order valence-corrected chi connectivity index (χ1v) is 11.2. The first kappa shape index (κ1) is 25.3. The largest absolute Gasteiger partial charge is 0.484 e. The molecule has 0 bridgehead atoms. The van der Waals surface area contributed by atoms with Gasteiger partial charge in [0.25, 0.3) is 5.91 Å². The number of nitrogens with one attached hydrogen (secondary N) is 1. The molecule has 2 amide bonds. The predicted molar refractivity (Wildman–Crippen MR) is 126 cm³/mol. The van der Waals surface area contributed by atoms with E-state index in [9.17, 15) is 9.59 Å². The van der Waals surface area contributed by atoms with Crippen molar-refractivity contribution in [1.82, 2.24) is 10.2 Å². The molecule has 0 saturated heterocycles. The molecule has 0 unspecified atom stereocenters. The number of carbonyl (C=O) groups excluding carboxylic acids is 2. The number of amides is 2. The van der Waals surface area contributed by atoms with Crippen LogP contribution in [0.4, 0.5) is 0 Å². The van der Waals surface area contributed by atoms with Crippen LogP contribution in [-0.2, 0) is 16.1 Å². The van der Waals surface area contributed by atoms with Crippen LogP contribution >= 0.6 is 34.8 Å². The minimum absolute atomic E-state index is 0.0922. The summed E-state index contributed by atoms with van der Waals surface area (Å²) < 4.78 is 5.63. The molecule has 0 aliphatic carbocycles. The van der Waals surface area contributed by atoms with Crippen molar-refractivity contribution < 1.29 is 14.3 Å². The van der Waals surface area contributed by atoms with Gasteiger partial charge < -0.3 is 15.0 Å². The van der Waals surface area contributed by atoms with Gasteiger partial charge in [0, 0.05) is 33.7 Å². The van der Waals surface area contributed by atoms with E-state index in [0.29, 0.717) is 39.3 Å². The fraction of sp³-hybridized carbons (Fsp3) is 0.391. The van der Waals surface area contributed by atoms with Crippen LogP contribution in [0.3, 0.4) is 0 Å². The highest BCUT2D eigenvalue weighted by atomic mass is 35.5. The van der Waals surface area contributed by atoms with Gasteiger partial charge in [0.15, 0.2) is 6.61 Å². The molecule has 168 valence electrons. The topological polar surface area (TPSA) is 58.6 Å². The Kier molecular flexibility index (Phi) is 9.94. The summed E-state index contributed by atoms with van der Waals surface area (Å²) in [5.74, 6) is 0.222. The van der Waals surface area contributed by atoms with Crippen LogP contribution in [0.2, 0.25) is 15.1 Å². The summed E-state index contributed by atoms with van der Waals surface area (Å²) in [5.41, 5.74) is 0.584. The Morgan fingerprint density at radius 1 is 1.03 bits per heavy atom. The lowest BCUT2D eigenvalue weighted by molar-refractivity contribution is -0.143. The maximum absolute atomic E-state index is 13.2. The molecular formula is C23H27Cl3N2O3. The number of benzene rings is 2. The van der Waals surface area contributed by atoms with Crippen molar-refractivity contribution in [2.75, 3.05) is 13.2 Å². The van der Waals surface area contributed by atoms with Crippen LogP contribution in [0.1, 0.15) is 32.8 Å². The zero-order valence-electron chi connectivity index (χ0n) is 17.8. The lowest BCUT2D eigenvalue weighted by Gasteiger charge is -2.31. The van der Waals surface area contributed by atoms with Crippen molar-refractivity contribution >= 4 is 46.6 Å². The average Bonchev–Trinajstić information content (AvgIpc) is 2.73. The van der Waals surface area contributed by atoms with Crippen molar-refractivity contribution in [1.29, 1.82) is 0 Å². The van der Waals surface area contributed by atoms with Crippen LogP contribution in [0.5, 0.6) is 5.75 Å². The van der Waals surface area contributed by atoms with Gasteiger partial charge in [-0.05, 0) is 48.7 Å². The highest BCUT2D eigenvalue weighted by molar-refractivity contribution is 6.36. The Hall–Kier alpha value is -1.95. The van der Waals surface area contributed by atoms with E-state index in [0.717, 1.165) is 0 Å². The molecule has 0 heterocycles. The second-order valence-electron chi connectivity index (χ2n) is 7.53. The van der Waals surface area contributed by atoms with E-state index in [2.05, 4.69) is 5.32 Å². The number of rotatable bonds is 10. The Labute approximate surface area is 198 Å². The van der Waals surface area contributed by atoms with Gasteiger partial charge in [0.1, 0.15) is 11.8 Å². The summed E-state index contributed by atoms with van der Waals surface area (Å²) >= 11 is 18.6. The van der Waals surface area contributed by atoms with Gasteiger partial charge in [-0.15, -0.1) is 0 Å². The summed E-state index contributed by atoms with van der Waals surface area (Å²) in [6, 6.07) is 11.2. The zero-order valence-corrected chi connectivity index (χ0v) is 20.1. The number of halogens is 3. The van der Waals surface area contributed by atoms with Crippen LogP contribution in [0.25, 0.3) is 0 Å². The van der Waals surface area contributed by atoms with E-state index in [1.165, 1.54) is 4.90 Å². The average molecular weight is 486 g/mol. The quantitative estimate of drug-likeness (QED) is 0.476. The SMILES string of the molecule is CC[C@H](C(=O)NCC(C)C)N(Cc1c(Cl)cccc1Cl)C(=O)COc1ccc(Cl)cc1. The van der Waals surface area contributed by atoms with Crippen molar-refractivity contribution in [3.8, 4) is 5.75 Å². The van der Waals surface area contributed by atoms with Crippen LogP contribution in [-0.4, -0.2) is 35.9 Å². The second kappa shape index (κ2) is 12.2. The van der Waals surface area contributed by atoms with Gasteiger partial charge in [0.2, 0.25) is 5.91 Å². The molecule has 8 heteroatoms. The Bertz CT molecular complexity index is 868. The van der Waals surface area contributed by atoms with Gasteiger partial charge in [-0.25, -0.2) is 0 Å². The number of hydrogen-bond acceptors (Lipinski definition) is 3. The normalized spacial score (nSPS) is 11.8. The van der Waals surface area contributed by atoms with E-state index in [1.807, 2.05) is 20.8 Å². The number of carbonyl (C=O) groups is 2. The monoisotopic (exact) mass is 484 g/mol. The fourth-order valence-corrected chi connectivity index (χ4v) is 3.60. The van der Waals surface area contributed by atoms with E-state index in [1.54, 1.807) is 42.5 Å². The molecule has 1 N–H and O–H groups in total. The molecule has 2 rings (SSSR count). The molecule has 31 heavy (non-hydrogen) atoms. The highest BCUT2D eigenvalue weighted by Gasteiger charge is 2.30. The first-order chi connectivity index (χ1) is 14.7. The molecule has 0 spiro atoms. The minimum atomic E-state index is -0.688. The smallest absolute Gasteiger partial charge is 0.261 e. The fourth-order valence-electron chi connectivity index (χ4n) is 2.95. The lowest BCUT2D eigenvalue weighted by atomic mass is 10.1. The third-order valence-corrected chi connectivity index (χ3v) is 5.60. The van der Waals surface area contributed by atoms with E-state index < -0.39 is 6.04 Å². The number of nitrogens with zero attached hydrogens (tertiary/aromatic N) is 1. The summed E-state index contributed by atoms with van der Waals surface area (Å²) in [6.07, 6.45) is 0.429. The molecule has 1 atom stereocenters. The first-order valence-electron chi connectivity index (χ1n) is 10.1. The molecule has 0 aromatic heterocycles. The summed E-state index contributed by atoms with van der Waals surface area (Å²) in [5, 5.41) is 4.34. The summed E-state index contributed by atoms with van der Waals surface area (Å²) in [7, 11) is 0. The lowest BCUT2D eigenvalue weighted by Crippen LogP contribution is -2.50. The van der Waals surface area contributed by atoms with Gasteiger partial charge in [0.05, 0.1) is 0 Å². The van der Waals surface area contributed by atoms with Gasteiger partial charge in [-0.2, -0.15) is 0 Å². The zero-order chi connectivity index (χ0) is 23.0. The van der Waals surface area contributed by atoms with Crippen LogP contribution in [0, 0.1) is 5.92 Å². The number of hydrogen-bond donors (Lipinski definition) is 1. The molecule has 0 fully saturated rings. The summed E-state index contributed by atoms with van der Waals surface area (Å²) in [6.45, 7) is 6.24. The van der Waals surface area contributed by atoms with Crippen molar-refractivity contribution in [3.63, 3.8) is 0 Å². The molecule has 0 aliphatic rings. The maximum atomic E-state index is 13.2. The second-order valence-corrected chi connectivity index (χ2v) is 8.78. The van der Waals surface area contributed by atoms with E-state index in [4.69, 9.17) is 39.5 Å². The summed E-state index contributed by atoms with van der Waals surface area (Å²) in [4.78, 5) is 27.5. The van der Waals surface area contributed by atoms with Crippen molar-refractivity contribution in [3.05, 3.63) is 63.1 Å². The highest BCUT2D eigenvalue weighted by Crippen LogP contribution is 2.27. The molecule has 2 aromatic carbocycles. The number of ether oxygens (including phenoxy) is 1. The van der Waals surface area contributed by atoms with Crippen molar-refractivity contribution in [2.24, 2.45) is 5.92 Å². The van der Waals surface area contributed by atoms with Gasteiger partial charge in [-0.3, -0.25) is 9.59 Å². The molecule has 2 aromatic rings. The maximum Gasteiger partial charge on any atom is 0.261 e. The van der Waals surface area contributed by atoms with Crippen LogP contribution < -0.4 is 10.1 Å². The molecule has 0 saturated carbocycles. The van der Waals surface area contributed by atoms with Crippen LogP contribution in [0.15, 0.2) is 42.5 Å². The van der Waals surface area contributed by atoms with E-state index in [-0.39, 0.29) is 30.9 Å². The Balaban J connectivity index is 2.25. The third kappa shape index (κ3) is 7.60.